The lowest BCUT2D eigenvalue weighted by Gasteiger charge is -2.22. The summed E-state index contributed by atoms with van der Waals surface area (Å²) in [5, 5.41) is 2.91. The second kappa shape index (κ2) is 9.07. The van der Waals surface area contributed by atoms with Crippen LogP contribution in [0.3, 0.4) is 0 Å². The van der Waals surface area contributed by atoms with Gasteiger partial charge in [0.1, 0.15) is 18.4 Å². The van der Waals surface area contributed by atoms with Gasteiger partial charge in [-0.1, -0.05) is 42.5 Å². The molecule has 0 saturated carbocycles. The molecular formula is C21H24N2O4. The topological polar surface area (TPSA) is 69.2 Å². The summed E-state index contributed by atoms with van der Waals surface area (Å²) in [4.78, 5) is 16.8. The molecule has 1 N–H and O–H groups in total. The van der Waals surface area contributed by atoms with E-state index in [4.69, 9.17) is 14.2 Å². The fraction of sp³-hybridized carbons (Fsp3) is 0.333. The van der Waals surface area contributed by atoms with E-state index in [1.54, 1.807) is 7.11 Å². The summed E-state index contributed by atoms with van der Waals surface area (Å²) in [6.45, 7) is 3.15. The predicted octanol–water partition coefficient (Wildman–Crippen LogP) is 3.52. The average molecular weight is 368 g/mol. The fourth-order valence-corrected chi connectivity index (χ4v) is 3.05. The molecule has 0 aliphatic carbocycles. The smallest absolute Gasteiger partial charge is 0.408 e. The normalized spacial score (nSPS) is 18.5. The van der Waals surface area contributed by atoms with Crippen molar-refractivity contribution >= 4 is 12.0 Å². The number of nitrogens with zero attached hydrogens (tertiary/aromatic N) is 1. The zero-order valence-corrected chi connectivity index (χ0v) is 15.6. The summed E-state index contributed by atoms with van der Waals surface area (Å²) >= 11 is 0. The predicted molar refractivity (Wildman–Crippen MR) is 103 cm³/mol. The number of hydrogen-bond donors (Lipinski definition) is 1. The highest BCUT2D eigenvalue weighted by Crippen LogP contribution is 2.28. The van der Waals surface area contributed by atoms with Crippen molar-refractivity contribution in [1.82, 2.24) is 5.32 Å². The molecule has 2 atom stereocenters. The van der Waals surface area contributed by atoms with Gasteiger partial charge in [-0.3, -0.25) is 4.99 Å². The van der Waals surface area contributed by atoms with E-state index in [9.17, 15) is 4.79 Å². The number of alkyl carbamates (subject to hydrolysis) is 1. The molecule has 1 amide bonds. The number of rotatable bonds is 6. The van der Waals surface area contributed by atoms with E-state index in [-0.39, 0.29) is 18.6 Å². The summed E-state index contributed by atoms with van der Waals surface area (Å²) < 4.78 is 16.2. The van der Waals surface area contributed by atoms with Crippen LogP contribution in [0.5, 0.6) is 5.75 Å². The lowest BCUT2D eigenvalue weighted by atomic mass is 9.93. The van der Waals surface area contributed by atoms with Gasteiger partial charge in [0.2, 0.25) is 5.90 Å². The standard InChI is InChI=1S/C21H24N2O4/c1-3-26-20-19(23-21(24)27-14-15-7-5-4-6-8-15)18(13-22-20)16-9-11-17(25-2)12-10-16/h4-12,18-19H,3,13-14H2,1-2H3,(H,23,24). The van der Waals surface area contributed by atoms with Gasteiger partial charge in [0.05, 0.1) is 20.3 Å². The van der Waals surface area contributed by atoms with Crippen molar-refractivity contribution in [2.24, 2.45) is 4.99 Å². The first-order valence-electron chi connectivity index (χ1n) is 8.99. The second-order valence-corrected chi connectivity index (χ2v) is 6.18. The fourth-order valence-electron chi connectivity index (χ4n) is 3.05. The maximum Gasteiger partial charge on any atom is 0.408 e. The summed E-state index contributed by atoms with van der Waals surface area (Å²) in [6.07, 6.45) is -0.489. The third-order valence-corrected chi connectivity index (χ3v) is 4.43. The Morgan fingerprint density at radius 3 is 2.56 bits per heavy atom. The van der Waals surface area contributed by atoms with Crippen LogP contribution in [0, 0.1) is 0 Å². The molecule has 0 radical (unpaired) electrons. The van der Waals surface area contributed by atoms with E-state index in [1.807, 2.05) is 61.5 Å². The van der Waals surface area contributed by atoms with Gasteiger partial charge in [-0.05, 0) is 30.2 Å². The van der Waals surface area contributed by atoms with Gasteiger partial charge >= 0.3 is 6.09 Å². The number of ether oxygens (including phenoxy) is 3. The number of aliphatic imine (C=N–C) groups is 1. The Morgan fingerprint density at radius 1 is 1.15 bits per heavy atom. The first-order valence-corrected chi connectivity index (χ1v) is 8.99. The first kappa shape index (κ1) is 18.8. The number of hydrogen-bond acceptors (Lipinski definition) is 5. The van der Waals surface area contributed by atoms with Crippen LogP contribution in [0.4, 0.5) is 4.79 Å². The zero-order chi connectivity index (χ0) is 19.1. The van der Waals surface area contributed by atoms with Crippen LogP contribution in [-0.2, 0) is 16.1 Å². The van der Waals surface area contributed by atoms with Crippen LogP contribution in [0.1, 0.15) is 24.0 Å². The molecule has 6 nitrogen and oxygen atoms in total. The zero-order valence-electron chi connectivity index (χ0n) is 15.6. The van der Waals surface area contributed by atoms with E-state index >= 15 is 0 Å². The number of methoxy groups -OCH3 is 1. The van der Waals surface area contributed by atoms with Crippen LogP contribution < -0.4 is 10.1 Å². The molecule has 0 bridgehead atoms. The summed E-state index contributed by atoms with van der Waals surface area (Å²) in [5.74, 6) is 1.31. The van der Waals surface area contributed by atoms with Gasteiger partial charge in [-0.25, -0.2) is 4.79 Å². The lowest BCUT2D eigenvalue weighted by molar-refractivity contribution is 0.136. The highest BCUT2D eigenvalue weighted by Gasteiger charge is 2.35. The molecule has 1 aliphatic rings. The van der Waals surface area contributed by atoms with Crippen LogP contribution in [0.2, 0.25) is 0 Å². The number of carbonyl (C=O) groups is 1. The maximum atomic E-state index is 12.3. The van der Waals surface area contributed by atoms with Crippen LogP contribution in [0.25, 0.3) is 0 Å². The van der Waals surface area contributed by atoms with E-state index in [0.717, 1.165) is 16.9 Å². The monoisotopic (exact) mass is 368 g/mol. The van der Waals surface area contributed by atoms with Gasteiger partial charge in [0.15, 0.2) is 0 Å². The molecule has 27 heavy (non-hydrogen) atoms. The first-order chi connectivity index (χ1) is 13.2. The minimum absolute atomic E-state index is 0.0123. The Kier molecular flexibility index (Phi) is 6.30. The maximum absolute atomic E-state index is 12.3. The molecule has 2 aromatic carbocycles. The number of nitrogens with one attached hydrogen (secondary N) is 1. The Balaban J connectivity index is 1.67. The van der Waals surface area contributed by atoms with Crippen molar-refractivity contribution < 1.29 is 19.0 Å². The molecule has 0 aromatic heterocycles. The van der Waals surface area contributed by atoms with Crippen LogP contribution in [0.15, 0.2) is 59.6 Å². The molecule has 142 valence electrons. The molecule has 3 rings (SSSR count). The largest absolute Gasteiger partial charge is 0.497 e. The van der Waals surface area contributed by atoms with E-state index in [0.29, 0.717) is 19.0 Å². The van der Waals surface area contributed by atoms with Crippen molar-refractivity contribution in [3.05, 3.63) is 65.7 Å². The lowest BCUT2D eigenvalue weighted by Crippen LogP contribution is -2.43. The van der Waals surface area contributed by atoms with Gasteiger partial charge in [0.25, 0.3) is 0 Å². The number of amides is 1. The van der Waals surface area contributed by atoms with Crippen molar-refractivity contribution in [3.63, 3.8) is 0 Å². The van der Waals surface area contributed by atoms with Gasteiger partial charge < -0.3 is 19.5 Å². The average Bonchev–Trinajstić information content (AvgIpc) is 3.10. The molecule has 0 saturated heterocycles. The third kappa shape index (κ3) is 4.78. The molecule has 1 heterocycles. The minimum Gasteiger partial charge on any atom is -0.497 e. The third-order valence-electron chi connectivity index (χ3n) is 4.43. The number of carbonyl (C=O) groups excluding carboxylic acids is 1. The molecule has 0 spiro atoms. The Bertz CT molecular complexity index is 775. The van der Waals surface area contributed by atoms with Crippen LogP contribution in [-0.4, -0.2) is 38.3 Å². The quantitative estimate of drug-likeness (QED) is 0.847. The number of benzene rings is 2. The molecule has 2 aromatic rings. The highest BCUT2D eigenvalue weighted by molar-refractivity contribution is 5.88. The Labute approximate surface area is 159 Å². The minimum atomic E-state index is -0.489. The molecule has 1 aliphatic heterocycles. The molecule has 2 unspecified atom stereocenters. The molecular weight excluding hydrogens is 344 g/mol. The summed E-state index contributed by atoms with van der Waals surface area (Å²) in [5.41, 5.74) is 1.99. The van der Waals surface area contributed by atoms with E-state index < -0.39 is 6.09 Å². The van der Waals surface area contributed by atoms with E-state index in [1.165, 1.54) is 0 Å². The summed E-state index contributed by atoms with van der Waals surface area (Å²) in [7, 11) is 1.63. The Hall–Kier alpha value is -3.02. The SMILES string of the molecule is CCOC1=NCC(c2ccc(OC)cc2)C1NC(=O)OCc1ccccc1. The van der Waals surface area contributed by atoms with Crippen molar-refractivity contribution in [2.45, 2.75) is 25.5 Å². The van der Waals surface area contributed by atoms with Crippen molar-refractivity contribution in [2.75, 3.05) is 20.3 Å². The Morgan fingerprint density at radius 2 is 1.89 bits per heavy atom. The molecule has 0 fully saturated rings. The van der Waals surface area contributed by atoms with Crippen molar-refractivity contribution in [3.8, 4) is 5.75 Å². The second-order valence-electron chi connectivity index (χ2n) is 6.18. The van der Waals surface area contributed by atoms with Gasteiger partial charge in [0, 0.05) is 5.92 Å². The van der Waals surface area contributed by atoms with Crippen LogP contribution >= 0.6 is 0 Å². The molecule has 6 heteroatoms. The van der Waals surface area contributed by atoms with Gasteiger partial charge in [-0.2, -0.15) is 0 Å². The van der Waals surface area contributed by atoms with Crippen molar-refractivity contribution in [1.29, 1.82) is 0 Å². The van der Waals surface area contributed by atoms with E-state index in [2.05, 4.69) is 10.3 Å². The van der Waals surface area contributed by atoms with Gasteiger partial charge in [-0.15, -0.1) is 0 Å². The highest BCUT2D eigenvalue weighted by atomic mass is 16.5. The summed E-state index contributed by atoms with van der Waals surface area (Å²) in [6, 6.07) is 17.0.